The molecule has 1 aromatic carbocycles. The minimum Gasteiger partial charge on any atom is -0.486 e. The second-order valence-corrected chi connectivity index (χ2v) is 6.27. The lowest BCUT2D eigenvalue weighted by atomic mass is 10.2. The van der Waals surface area contributed by atoms with Gasteiger partial charge < -0.3 is 15.6 Å². The molecule has 2 unspecified atom stereocenters. The number of benzene rings is 1. The Kier molecular flexibility index (Phi) is 3.37. The van der Waals surface area contributed by atoms with Gasteiger partial charge in [0.05, 0.1) is 11.5 Å². The number of hydrogen-bond acceptors (Lipinski definition) is 5. The Morgan fingerprint density at radius 3 is 2.65 bits per heavy atom. The molecule has 5 nitrogen and oxygen atoms in total. The molecule has 1 aromatic rings. The lowest BCUT2D eigenvalue weighted by molar-refractivity contribution is 0.0731. The van der Waals surface area contributed by atoms with Crippen LogP contribution in [0.4, 0.5) is 0 Å². The van der Waals surface area contributed by atoms with Crippen molar-refractivity contribution in [3.63, 3.8) is 0 Å². The molecule has 6 heteroatoms. The van der Waals surface area contributed by atoms with E-state index in [4.69, 9.17) is 10.5 Å². The van der Waals surface area contributed by atoms with Crippen molar-refractivity contribution in [2.75, 3.05) is 11.5 Å². The molecule has 0 saturated carbocycles. The van der Waals surface area contributed by atoms with Gasteiger partial charge in [0.1, 0.15) is 18.0 Å². The van der Waals surface area contributed by atoms with Crippen LogP contribution in [0.5, 0.6) is 5.75 Å². The molecule has 1 heterocycles. The Balaban J connectivity index is 2.16. The average molecular weight is 257 g/mol. The van der Waals surface area contributed by atoms with Crippen molar-refractivity contribution >= 4 is 9.84 Å². The van der Waals surface area contributed by atoms with Gasteiger partial charge in [-0.15, -0.1) is 0 Å². The van der Waals surface area contributed by atoms with Crippen LogP contribution in [-0.2, 0) is 16.4 Å². The third-order valence-corrected chi connectivity index (χ3v) is 4.43. The molecule has 17 heavy (non-hydrogen) atoms. The van der Waals surface area contributed by atoms with Crippen LogP contribution in [0, 0.1) is 0 Å². The summed E-state index contributed by atoms with van der Waals surface area (Å²) < 4.78 is 28.2. The topological polar surface area (TPSA) is 89.6 Å². The van der Waals surface area contributed by atoms with Crippen molar-refractivity contribution in [2.24, 2.45) is 5.73 Å². The molecule has 0 aromatic heterocycles. The predicted molar refractivity (Wildman–Crippen MR) is 63.4 cm³/mol. The third kappa shape index (κ3) is 2.77. The minimum absolute atomic E-state index is 0.146. The fraction of sp³-hybridized carbons (Fsp3) is 0.455. The van der Waals surface area contributed by atoms with E-state index >= 15 is 0 Å². The van der Waals surface area contributed by atoms with E-state index in [0.29, 0.717) is 12.3 Å². The summed E-state index contributed by atoms with van der Waals surface area (Å²) in [7, 11) is -3.19. The Hall–Kier alpha value is -1.11. The third-order valence-electron chi connectivity index (χ3n) is 2.74. The molecular formula is C11H15NO4S. The monoisotopic (exact) mass is 257 g/mol. The molecule has 94 valence electrons. The van der Waals surface area contributed by atoms with Gasteiger partial charge in [0.2, 0.25) is 0 Å². The number of rotatable bonds is 3. The maximum absolute atomic E-state index is 11.3. The van der Waals surface area contributed by atoms with Gasteiger partial charge in [-0.2, -0.15) is 0 Å². The maximum Gasteiger partial charge on any atom is 0.156 e. The van der Waals surface area contributed by atoms with E-state index < -0.39 is 22.0 Å². The largest absolute Gasteiger partial charge is 0.486 e. The molecule has 1 aliphatic rings. The maximum atomic E-state index is 11.3. The van der Waals surface area contributed by atoms with Crippen molar-refractivity contribution in [1.82, 2.24) is 0 Å². The van der Waals surface area contributed by atoms with Crippen LogP contribution < -0.4 is 10.5 Å². The minimum atomic E-state index is -3.19. The number of aliphatic hydroxyl groups excluding tert-OH is 1. The van der Waals surface area contributed by atoms with Crippen LogP contribution in [0.25, 0.3) is 0 Å². The smallest absolute Gasteiger partial charge is 0.156 e. The van der Waals surface area contributed by atoms with Gasteiger partial charge in [0.15, 0.2) is 9.84 Å². The normalized spacial score (nSPS) is 26.9. The fourth-order valence-corrected chi connectivity index (χ4v) is 3.52. The highest BCUT2D eigenvalue weighted by atomic mass is 32.2. The molecule has 1 saturated heterocycles. The van der Waals surface area contributed by atoms with Gasteiger partial charge in [0, 0.05) is 12.1 Å². The summed E-state index contributed by atoms with van der Waals surface area (Å²) >= 11 is 0. The van der Waals surface area contributed by atoms with Crippen molar-refractivity contribution in [2.45, 2.75) is 18.8 Å². The second-order valence-electron chi connectivity index (χ2n) is 4.11. The molecule has 0 bridgehead atoms. The highest BCUT2D eigenvalue weighted by Gasteiger charge is 2.38. The number of ether oxygens (including phenoxy) is 1. The summed E-state index contributed by atoms with van der Waals surface area (Å²) in [5, 5.41) is 9.61. The van der Waals surface area contributed by atoms with Gasteiger partial charge in [-0.1, -0.05) is 18.2 Å². The standard InChI is InChI=1S/C11H15NO4S/c12-5-8-3-1-2-4-10(8)16-11-7-17(14,15)6-9(11)13/h1-4,9,11,13H,5-7,12H2. The molecule has 0 radical (unpaired) electrons. The second kappa shape index (κ2) is 4.64. The van der Waals surface area contributed by atoms with Crippen LogP contribution in [0.15, 0.2) is 24.3 Å². The summed E-state index contributed by atoms with van der Waals surface area (Å²) in [6.45, 7) is 0.311. The molecule has 3 N–H and O–H groups in total. The van der Waals surface area contributed by atoms with Crippen LogP contribution in [-0.4, -0.2) is 37.2 Å². The van der Waals surface area contributed by atoms with E-state index in [-0.39, 0.29) is 11.5 Å². The summed E-state index contributed by atoms with van der Waals surface area (Å²) in [5.41, 5.74) is 6.35. The van der Waals surface area contributed by atoms with Crippen molar-refractivity contribution in [1.29, 1.82) is 0 Å². The lowest BCUT2D eigenvalue weighted by Gasteiger charge is -2.17. The van der Waals surface area contributed by atoms with E-state index in [0.717, 1.165) is 5.56 Å². The molecule has 1 aliphatic heterocycles. The Labute approximate surface area is 100 Å². The fourth-order valence-electron chi connectivity index (χ4n) is 1.86. The first-order valence-electron chi connectivity index (χ1n) is 5.35. The number of nitrogens with two attached hydrogens (primary N) is 1. The van der Waals surface area contributed by atoms with Gasteiger partial charge in [0.25, 0.3) is 0 Å². The van der Waals surface area contributed by atoms with Crippen LogP contribution >= 0.6 is 0 Å². The zero-order valence-corrected chi connectivity index (χ0v) is 10.1. The average Bonchev–Trinajstić information content (AvgIpc) is 2.52. The molecule has 0 aliphatic carbocycles. The molecular weight excluding hydrogens is 242 g/mol. The van der Waals surface area contributed by atoms with Crippen molar-refractivity contribution in [3.8, 4) is 5.75 Å². The molecule has 0 spiro atoms. The van der Waals surface area contributed by atoms with E-state index in [1.54, 1.807) is 12.1 Å². The molecule has 2 atom stereocenters. The van der Waals surface area contributed by atoms with E-state index in [1.165, 1.54) is 0 Å². The van der Waals surface area contributed by atoms with Crippen LogP contribution in [0.2, 0.25) is 0 Å². The zero-order chi connectivity index (χ0) is 12.5. The van der Waals surface area contributed by atoms with Gasteiger partial charge in [-0.25, -0.2) is 8.42 Å². The molecule has 2 rings (SSSR count). The SMILES string of the molecule is NCc1ccccc1OC1CS(=O)(=O)CC1O. The van der Waals surface area contributed by atoms with Crippen LogP contribution in [0.3, 0.4) is 0 Å². The first-order valence-corrected chi connectivity index (χ1v) is 7.17. The van der Waals surface area contributed by atoms with Crippen molar-refractivity contribution in [3.05, 3.63) is 29.8 Å². The van der Waals surface area contributed by atoms with Gasteiger partial charge in [-0.05, 0) is 6.07 Å². The van der Waals surface area contributed by atoms with Crippen LogP contribution in [0.1, 0.15) is 5.56 Å². The lowest BCUT2D eigenvalue weighted by Crippen LogP contribution is -2.30. The summed E-state index contributed by atoms with van der Waals surface area (Å²) in [4.78, 5) is 0. The number of sulfone groups is 1. The first kappa shape index (κ1) is 12.3. The van der Waals surface area contributed by atoms with Gasteiger partial charge >= 0.3 is 0 Å². The quantitative estimate of drug-likeness (QED) is 0.774. The highest BCUT2D eigenvalue weighted by Crippen LogP contribution is 2.23. The molecule has 0 amide bonds. The Bertz CT molecular complexity index is 500. The Morgan fingerprint density at radius 2 is 2.06 bits per heavy atom. The summed E-state index contributed by atoms with van der Waals surface area (Å²) in [5.74, 6) is 0.159. The number of aliphatic hydroxyl groups is 1. The zero-order valence-electron chi connectivity index (χ0n) is 9.24. The van der Waals surface area contributed by atoms with E-state index in [9.17, 15) is 13.5 Å². The first-order chi connectivity index (χ1) is 8.02. The predicted octanol–water partition coefficient (Wildman–Crippen LogP) is -0.318. The number of para-hydroxylation sites is 1. The number of hydrogen-bond donors (Lipinski definition) is 2. The van der Waals surface area contributed by atoms with Gasteiger partial charge in [-0.3, -0.25) is 0 Å². The summed E-state index contributed by atoms with van der Waals surface area (Å²) in [6, 6.07) is 7.15. The van der Waals surface area contributed by atoms with E-state index in [1.807, 2.05) is 12.1 Å². The molecule has 1 fully saturated rings. The highest BCUT2D eigenvalue weighted by molar-refractivity contribution is 7.91. The van der Waals surface area contributed by atoms with Crippen molar-refractivity contribution < 1.29 is 18.3 Å². The van der Waals surface area contributed by atoms with E-state index in [2.05, 4.69) is 0 Å². The Morgan fingerprint density at radius 1 is 1.35 bits per heavy atom. The summed E-state index contributed by atoms with van der Waals surface area (Å²) in [6.07, 6.45) is -1.67.